The first kappa shape index (κ1) is 12.4. The molecule has 2 aromatic rings. The zero-order valence-electron chi connectivity index (χ0n) is 9.92. The van der Waals surface area contributed by atoms with E-state index in [1.54, 1.807) is 29.8 Å². The monoisotopic (exact) mass is 265 g/mol. The predicted molar refractivity (Wildman–Crippen MR) is 68.4 cm³/mol. The van der Waals surface area contributed by atoms with Crippen LogP contribution in [0.1, 0.15) is 17.2 Å². The lowest BCUT2D eigenvalue weighted by atomic mass is 10.1. The first-order valence-electron chi connectivity index (χ1n) is 5.21. The highest BCUT2D eigenvalue weighted by Crippen LogP contribution is 2.23. The van der Waals surface area contributed by atoms with E-state index >= 15 is 0 Å². The largest absolute Gasteiger partial charge is 0.409 e. The van der Waals surface area contributed by atoms with Crippen LogP contribution in [0.2, 0.25) is 5.02 Å². The average Bonchev–Trinajstić information content (AvgIpc) is 2.67. The lowest BCUT2D eigenvalue weighted by molar-refractivity contribution is 0.318. The van der Waals surface area contributed by atoms with E-state index in [-0.39, 0.29) is 5.84 Å². The van der Waals surface area contributed by atoms with Crippen molar-refractivity contribution in [1.29, 1.82) is 0 Å². The van der Waals surface area contributed by atoms with E-state index in [0.29, 0.717) is 27.9 Å². The molecule has 0 atom stereocenters. The van der Waals surface area contributed by atoms with Gasteiger partial charge in [-0.1, -0.05) is 22.8 Å². The average molecular weight is 266 g/mol. The fourth-order valence-electron chi connectivity index (χ4n) is 1.74. The molecule has 1 aromatic heterocycles. The van der Waals surface area contributed by atoms with Gasteiger partial charge in [0.1, 0.15) is 11.6 Å². The number of hydrogen-bond donors (Lipinski definition) is 2. The van der Waals surface area contributed by atoms with Gasteiger partial charge in [0.25, 0.3) is 0 Å². The minimum Gasteiger partial charge on any atom is -0.409 e. The van der Waals surface area contributed by atoms with E-state index in [2.05, 4.69) is 15.2 Å². The van der Waals surface area contributed by atoms with Crippen LogP contribution >= 0.6 is 11.6 Å². The van der Waals surface area contributed by atoms with E-state index in [9.17, 15) is 0 Å². The maximum Gasteiger partial charge on any atom is 0.173 e. The van der Waals surface area contributed by atoms with Crippen LogP contribution in [0.15, 0.2) is 23.4 Å². The molecule has 6 nitrogen and oxygen atoms in total. The number of aryl methyl sites for hydroxylation is 2. The van der Waals surface area contributed by atoms with Gasteiger partial charge in [-0.3, -0.25) is 0 Å². The number of nitrogens with two attached hydrogens (primary N) is 1. The summed E-state index contributed by atoms with van der Waals surface area (Å²) in [7, 11) is 0. The third-order valence-corrected chi connectivity index (χ3v) is 2.77. The highest BCUT2D eigenvalue weighted by molar-refractivity contribution is 6.34. The Morgan fingerprint density at radius 1 is 1.44 bits per heavy atom. The third kappa shape index (κ3) is 2.02. The summed E-state index contributed by atoms with van der Waals surface area (Å²) in [5.74, 6) is 1.27. The molecular weight excluding hydrogens is 254 g/mol. The van der Waals surface area contributed by atoms with Crippen molar-refractivity contribution in [2.75, 3.05) is 0 Å². The smallest absolute Gasteiger partial charge is 0.173 e. The molecule has 3 N–H and O–H groups in total. The summed E-state index contributed by atoms with van der Waals surface area (Å²) in [6.07, 6.45) is 0. The van der Waals surface area contributed by atoms with Crippen molar-refractivity contribution in [1.82, 2.24) is 14.8 Å². The summed E-state index contributed by atoms with van der Waals surface area (Å²) >= 11 is 6.08. The Hall–Kier alpha value is -2.08. The van der Waals surface area contributed by atoms with Crippen LogP contribution in [-0.2, 0) is 0 Å². The summed E-state index contributed by atoms with van der Waals surface area (Å²) in [5.41, 5.74) is 6.69. The SMILES string of the molecule is Cc1nc(C)n(-c2cccc(Cl)c2/C(N)=N/O)n1. The molecule has 0 spiro atoms. The van der Waals surface area contributed by atoms with Crippen LogP contribution in [0.3, 0.4) is 0 Å². The second-order valence-electron chi connectivity index (χ2n) is 3.74. The number of nitrogens with zero attached hydrogens (tertiary/aromatic N) is 4. The van der Waals surface area contributed by atoms with Gasteiger partial charge in [-0.2, -0.15) is 5.10 Å². The molecule has 0 fully saturated rings. The molecule has 0 aliphatic rings. The quantitative estimate of drug-likeness (QED) is 0.374. The molecular formula is C11H12ClN5O. The molecule has 18 heavy (non-hydrogen) atoms. The summed E-state index contributed by atoms with van der Waals surface area (Å²) in [4.78, 5) is 4.21. The molecule has 94 valence electrons. The van der Waals surface area contributed by atoms with Crippen molar-refractivity contribution in [3.63, 3.8) is 0 Å². The number of hydrogen-bond acceptors (Lipinski definition) is 4. The van der Waals surface area contributed by atoms with E-state index in [0.717, 1.165) is 0 Å². The van der Waals surface area contributed by atoms with Gasteiger partial charge < -0.3 is 10.9 Å². The normalized spacial score (nSPS) is 11.8. The molecule has 7 heteroatoms. The molecule has 0 unspecified atom stereocenters. The Kier molecular flexibility index (Phi) is 3.20. The minimum atomic E-state index is -0.0665. The number of aromatic nitrogens is 3. The zero-order chi connectivity index (χ0) is 13.3. The van der Waals surface area contributed by atoms with Crippen LogP contribution < -0.4 is 5.73 Å². The molecule has 0 amide bonds. The molecule has 1 aromatic carbocycles. The molecule has 0 saturated carbocycles. The standard InChI is InChI=1S/C11H12ClN5O/c1-6-14-7(2)17(15-6)9-5-3-4-8(12)10(9)11(13)16-18/h3-5,18H,1-2H3,(H2,13,16). The number of rotatable bonds is 2. The summed E-state index contributed by atoms with van der Waals surface area (Å²) < 4.78 is 1.61. The zero-order valence-corrected chi connectivity index (χ0v) is 10.7. The first-order valence-corrected chi connectivity index (χ1v) is 5.59. The molecule has 0 bridgehead atoms. The Morgan fingerprint density at radius 3 is 2.72 bits per heavy atom. The summed E-state index contributed by atoms with van der Waals surface area (Å²) in [6, 6.07) is 5.21. The lowest BCUT2D eigenvalue weighted by Gasteiger charge is -2.10. The highest BCUT2D eigenvalue weighted by atomic mass is 35.5. The topological polar surface area (TPSA) is 89.3 Å². The summed E-state index contributed by atoms with van der Waals surface area (Å²) in [5, 5.41) is 16.4. The summed E-state index contributed by atoms with van der Waals surface area (Å²) in [6.45, 7) is 3.61. The Morgan fingerprint density at radius 2 is 2.17 bits per heavy atom. The van der Waals surface area contributed by atoms with Gasteiger partial charge >= 0.3 is 0 Å². The van der Waals surface area contributed by atoms with Gasteiger partial charge in [-0.05, 0) is 26.0 Å². The van der Waals surface area contributed by atoms with Crippen LogP contribution in [0.5, 0.6) is 0 Å². The molecule has 2 rings (SSSR count). The van der Waals surface area contributed by atoms with E-state index in [1.807, 2.05) is 6.92 Å². The van der Waals surface area contributed by atoms with Crippen molar-refractivity contribution in [2.24, 2.45) is 10.9 Å². The minimum absolute atomic E-state index is 0.0665. The molecule has 0 radical (unpaired) electrons. The van der Waals surface area contributed by atoms with E-state index in [4.69, 9.17) is 22.5 Å². The molecule has 0 aliphatic heterocycles. The fraction of sp³-hybridized carbons (Fsp3) is 0.182. The van der Waals surface area contributed by atoms with Crippen molar-refractivity contribution in [2.45, 2.75) is 13.8 Å². The van der Waals surface area contributed by atoms with Gasteiger partial charge in [0, 0.05) is 0 Å². The molecule has 0 aliphatic carbocycles. The molecule has 1 heterocycles. The maximum absolute atomic E-state index is 8.82. The second-order valence-corrected chi connectivity index (χ2v) is 4.14. The maximum atomic E-state index is 8.82. The first-order chi connectivity index (χ1) is 8.54. The molecule has 0 saturated heterocycles. The third-order valence-electron chi connectivity index (χ3n) is 2.46. The van der Waals surface area contributed by atoms with Gasteiger partial charge in [0.2, 0.25) is 0 Å². The lowest BCUT2D eigenvalue weighted by Crippen LogP contribution is -2.18. The van der Waals surface area contributed by atoms with Crippen molar-refractivity contribution in [3.05, 3.63) is 40.4 Å². The highest BCUT2D eigenvalue weighted by Gasteiger charge is 2.15. The second kappa shape index (κ2) is 4.66. The van der Waals surface area contributed by atoms with Crippen molar-refractivity contribution >= 4 is 17.4 Å². The Labute approximate surface area is 109 Å². The van der Waals surface area contributed by atoms with Gasteiger partial charge in [-0.25, -0.2) is 9.67 Å². The van der Waals surface area contributed by atoms with E-state index < -0.39 is 0 Å². The number of benzene rings is 1. The van der Waals surface area contributed by atoms with Gasteiger partial charge in [0.05, 0.1) is 16.3 Å². The Bertz CT molecular complexity index is 620. The van der Waals surface area contributed by atoms with Crippen molar-refractivity contribution in [3.8, 4) is 5.69 Å². The number of amidine groups is 1. The Balaban J connectivity index is 2.72. The van der Waals surface area contributed by atoms with Crippen LogP contribution in [0, 0.1) is 13.8 Å². The fourth-order valence-corrected chi connectivity index (χ4v) is 2.01. The number of halogens is 1. The van der Waals surface area contributed by atoms with E-state index in [1.165, 1.54) is 0 Å². The van der Waals surface area contributed by atoms with Crippen LogP contribution in [-0.4, -0.2) is 25.8 Å². The van der Waals surface area contributed by atoms with Gasteiger partial charge in [0.15, 0.2) is 5.84 Å². The van der Waals surface area contributed by atoms with Crippen LogP contribution in [0.4, 0.5) is 0 Å². The number of oxime groups is 1. The van der Waals surface area contributed by atoms with Crippen LogP contribution in [0.25, 0.3) is 5.69 Å². The van der Waals surface area contributed by atoms with Gasteiger partial charge in [-0.15, -0.1) is 0 Å². The predicted octanol–water partition coefficient (Wildman–Crippen LogP) is 1.63. The van der Waals surface area contributed by atoms with Crippen molar-refractivity contribution < 1.29 is 5.21 Å².